The van der Waals surface area contributed by atoms with Gasteiger partial charge in [-0.3, -0.25) is 4.79 Å². The number of hydrogen-bond acceptors (Lipinski definition) is 3. The minimum absolute atomic E-state index is 0.0162. The Balaban J connectivity index is 2.20. The number of nitriles is 1. The second kappa shape index (κ2) is 3.99. The zero-order chi connectivity index (χ0) is 14.4. The van der Waals surface area contributed by atoms with Crippen LogP contribution in [0, 0.1) is 28.1 Å². The van der Waals surface area contributed by atoms with Crippen LogP contribution >= 0.6 is 0 Å². The molecule has 1 fully saturated rings. The van der Waals surface area contributed by atoms with E-state index in [1.807, 2.05) is 6.07 Å². The van der Waals surface area contributed by atoms with Gasteiger partial charge in [0.25, 0.3) is 0 Å². The number of carbonyl (C=O) groups excluding carboxylic acids is 1. The van der Waals surface area contributed by atoms with E-state index in [9.17, 15) is 4.79 Å². The third kappa shape index (κ3) is 1.95. The highest BCUT2D eigenvalue weighted by atomic mass is 16.2. The van der Waals surface area contributed by atoms with E-state index in [1.54, 1.807) is 18.2 Å². The number of nitrogens with two attached hydrogens (primary N) is 1. The first kappa shape index (κ1) is 13.4. The van der Waals surface area contributed by atoms with Crippen molar-refractivity contribution in [2.24, 2.45) is 16.7 Å². The van der Waals surface area contributed by atoms with E-state index in [2.05, 4.69) is 33.0 Å². The Morgan fingerprint density at radius 3 is 2.37 bits per heavy atom. The molecule has 1 saturated carbocycles. The van der Waals surface area contributed by atoms with Crippen molar-refractivity contribution >= 4 is 17.3 Å². The van der Waals surface area contributed by atoms with Gasteiger partial charge in [0, 0.05) is 11.6 Å². The Labute approximate surface area is 113 Å². The summed E-state index contributed by atoms with van der Waals surface area (Å²) in [4.78, 5) is 12.3. The number of nitrogens with zero attached hydrogens (tertiary/aromatic N) is 1. The highest BCUT2D eigenvalue weighted by Crippen LogP contribution is 2.68. The van der Waals surface area contributed by atoms with Crippen LogP contribution in [0.4, 0.5) is 11.4 Å². The summed E-state index contributed by atoms with van der Waals surface area (Å²) in [6.45, 7) is 8.35. The van der Waals surface area contributed by atoms with Crippen LogP contribution in [0.15, 0.2) is 18.2 Å². The molecule has 0 atom stereocenters. The fourth-order valence-corrected chi connectivity index (χ4v) is 2.82. The van der Waals surface area contributed by atoms with Crippen LogP contribution in [-0.2, 0) is 4.79 Å². The van der Waals surface area contributed by atoms with E-state index < -0.39 is 0 Å². The van der Waals surface area contributed by atoms with E-state index in [1.165, 1.54) is 0 Å². The summed E-state index contributed by atoms with van der Waals surface area (Å²) in [7, 11) is 0. The lowest BCUT2D eigenvalue weighted by Gasteiger charge is -2.08. The van der Waals surface area contributed by atoms with Crippen molar-refractivity contribution in [3.63, 3.8) is 0 Å². The standard InChI is InChI=1S/C15H19N3O/c1-14(2)12(15(14,3)4)13(19)18-11-6-5-10(17)7-9(11)8-16/h5-7,12H,17H2,1-4H3,(H,18,19). The quantitative estimate of drug-likeness (QED) is 0.799. The maximum Gasteiger partial charge on any atom is 0.228 e. The number of amides is 1. The van der Waals surface area contributed by atoms with Gasteiger partial charge in [0.15, 0.2) is 0 Å². The van der Waals surface area contributed by atoms with Gasteiger partial charge in [0.2, 0.25) is 5.91 Å². The Morgan fingerprint density at radius 2 is 1.89 bits per heavy atom. The molecule has 1 aromatic carbocycles. The SMILES string of the molecule is CC1(C)C(C(=O)Nc2ccc(N)cc2C#N)C1(C)C. The molecule has 2 rings (SSSR count). The van der Waals surface area contributed by atoms with Crippen molar-refractivity contribution in [3.8, 4) is 6.07 Å². The minimum Gasteiger partial charge on any atom is -0.399 e. The highest BCUT2D eigenvalue weighted by molar-refractivity contribution is 5.97. The van der Waals surface area contributed by atoms with Crippen molar-refractivity contribution in [3.05, 3.63) is 23.8 Å². The molecule has 1 aliphatic rings. The van der Waals surface area contributed by atoms with Gasteiger partial charge in [-0.25, -0.2) is 0 Å². The molecule has 0 radical (unpaired) electrons. The second-order valence-electron chi connectivity index (χ2n) is 6.28. The van der Waals surface area contributed by atoms with Crippen molar-refractivity contribution in [1.82, 2.24) is 0 Å². The lowest BCUT2D eigenvalue weighted by molar-refractivity contribution is -0.118. The number of benzene rings is 1. The highest BCUT2D eigenvalue weighted by Gasteiger charge is 2.68. The van der Waals surface area contributed by atoms with Crippen molar-refractivity contribution in [2.45, 2.75) is 27.7 Å². The predicted molar refractivity (Wildman–Crippen MR) is 75.3 cm³/mol. The fraction of sp³-hybridized carbons (Fsp3) is 0.467. The third-order valence-electron chi connectivity index (χ3n) is 4.70. The molecule has 0 aliphatic heterocycles. The van der Waals surface area contributed by atoms with Crippen LogP contribution in [0.3, 0.4) is 0 Å². The van der Waals surface area contributed by atoms with E-state index in [0.29, 0.717) is 16.9 Å². The molecule has 1 aliphatic carbocycles. The van der Waals surface area contributed by atoms with Crippen molar-refractivity contribution in [2.75, 3.05) is 11.1 Å². The number of hydrogen-bond donors (Lipinski definition) is 2. The average molecular weight is 257 g/mol. The Kier molecular flexibility index (Phi) is 2.82. The number of anilines is 2. The van der Waals surface area contributed by atoms with Crippen LogP contribution in [0.1, 0.15) is 33.3 Å². The molecule has 3 N–H and O–H groups in total. The molecule has 0 saturated heterocycles. The molecule has 19 heavy (non-hydrogen) atoms. The lowest BCUT2D eigenvalue weighted by atomic mass is 10.0. The first-order valence-electron chi connectivity index (χ1n) is 6.32. The zero-order valence-electron chi connectivity index (χ0n) is 11.7. The minimum atomic E-state index is -0.0379. The molecule has 4 heteroatoms. The van der Waals surface area contributed by atoms with Crippen LogP contribution in [0.5, 0.6) is 0 Å². The third-order valence-corrected chi connectivity index (χ3v) is 4.70. The van der Waals surface area contributed by atoms with Crippen LogP contribution in [-0.4, -0.2) is 5.91 Å². The smallest absolute Gasteiger partial charge is 0.228 e. The Bertz CT molecular complexity index is 568. The normalized spacial score (nSPS) is 19.5. The summed E-state index contributed by atoms with van der Waals surface area (Å²) in [5.41, 5.74) is 7.03. The van der Waals surface area contributed by atoms with Crippen LogP contribution in [0.2, 0.25) is 0 Å². The second-order valence-corrected chi connectivity index (χ2v) is 6.28. The Morgan fingerprint density at radius 1 is 1.32 bits per heavy atom. The van der Waals surface area contributed by atoms with Gasteiger partial charge >= 0.3 is 0 Å². The largest absolute Gasteiger partial charge is 0.399 e. The first-order valence-corrected chi connectivity index (χ1v) is 6.32. The molecule has 0 aromatic heterocycles. The van der Waals surface area contributed by atoms with Gasteiger partial charge in [-0.05, 0) is 29.0 Å². The lowest BCUT2D eigenvalue weighted by Crippen LogP contribution is -2.18. The summed E-state index contributed by atoms with van der Waals surface area (Å²) in [5, 5.41) is 11.9. The predicted octanol–water partition coefficient (Wildman–Crippen LogP) is 2.76. The number of carbonyl (C=O) groups is 1. The molecule has 100 valence electrons. The monoisotopic (exact) mass is 257 g/mol. The summed E-state index contributed by atoms with van der Waals surface area (Å²) < 4.78 is 0. The first-order chi connectivity index (χ1) is 8.71. The molecule has 0 heterocycles. The summed E-state index contributed by atoms with van der Waals surface area (Å²) in [6.07, 6.45) is 0. The fourth-order valence-electron chi connectivity index (χ4n) is 2.82. The number of nitrogens with one attached hydrogen (secondary N) is 1. The topological polar surface area (TPSA) is 78.9 Å². The molecule has 0 bridgehead atoms. The summed E-state index contributed by atoms with van der Waals surface area (Å²) >= 11 is 0. The van der Waals surface area contributed by atoms with Crippen molar-refractivity contribution in [1.29, 1.82) is 5.26 Å². The van der Waals surface area contributed by atoms with E-state index >= 15 is 0 Å². The van der Waals surface area contributed by atoms with E-state index in [0.717, 1.165) is 0 Å². The van der Waals surface area contributed by atoms with Gasteiger partial charge in [-0.2, -0.15) is 5.26 Å². The van der Waals surface area contributed by atoms with Gasteiger partial charge < -0.3 is 11.1 Å². The molecule has 1 aromatic rings. The van der Waals surface area contributed by atoms with Gasteiger partial charge in [0.05, 0.1) is 11.3 Å². The average Bonchev–Trinajstić information content (AvgIpc) is 2.72. The maximum absolute atomic E-state index is 12.3. The summed E-state index contributed by atoms with van der Waals surface area (Å²) in [5.74, 6) is -0.0691. The van der Waals surface area contributed by atoms with Gasteiger partial charge in [-0.1, -0.05) is 27.7 Å². The molecular formula is C15H19N3O. The van der Waals surface area contributed by atoms with Crippen LogP contribution in [0.25, 0.3) is 0 Å². The molecule has 4 nitrogen and oxygen atoms in total. The van der Waals surface area contributed by atoms with Crippen molar-refractivity contribution < 1.29 is 4.79 Å². The van der Waals surface area contributed by atoms with E-state index in [-0.39, 0.29) is 22.7 Å². The maximum atomic E-state index is 12.3. The number of nitrogen functional groups attached to an aromatic ring is 1. The molecule has 0 spiro atoms. The molecular weight excluding hydrogens is 238 g/mol. The van der Waals surface area contributed by atoms with Gasteiger partial charge in [-0.15, -0.1) is 0 Å². The van der Waals surface area contributed by atoms with Gasteiger partial charge in [0.1, 0.15) is 6.07 Å². The molecule has 1 amide bonds. The summed E-state index contributed by atoms with van der Waals surface area (Å²) in [6, 6.07) is 6.97. The molecule has 0 unspecified atom stereocenters. The number of rotatable bonds is 2. The zero-order valence-corrected chi connectivity index (χ0v) is 11.7. The van der Waals surface area contributed by atoms with Crippen LogP contribution < -0.4 is 11.1 Å². The van der Waals surface area contributed by atoms with E-state index in [4.69, 9.17) is 11.0 Å². The Hall–Kier alpha value is -2.02.